The number of carbonyl (C=O) groups excluding carboxylic acids is 1. The van der Waals surface area contributed by atoms with Crippen LogP contribution in [0.5, 0.6) is 0 Å². The summed E-state index contributed by atoms with van der Waals surface area (Å²) in [5, 5.41) is 139. The molecule has 8 fully saturated rings. The molecular formula is C54H84O24. The van der Waals surface area contributed by atoms with Gasteiger partial charge in [-0.1, -0.05) is 46.3 Å². The van der Waals surface area contributed by atoms with Crippen LogP contribution in [0, 0.1) is 50.2 Å². The van der Waals surface area contributed by atoms with E-state index in [9.17, 15) is 76.0 Å². The lowest BCUT2D eigenvalue weighted by Crippen LogP contribution is -2.68. The highest BCUT2D eigenvalue weighted by atomic mass is 16.8. The first-order valence-electron chi connectivity index (χ1n) is 27.7. The lowest BCUT2D eigenvalue weighted by atomic mass is 9.33. The monoisotopic (exact) mass is 1120 g/mol. The van der Waals surface area contributed by atoms with Gasteiger partial charge in [0.15, 0.2) is 31.1 Å². The molecule has 0 radical (unpaired) electrons. The van der Waals surface area contributed by atoms with Crippen molar-refractivity contribution in [1.29, 1.82) is 0 Å². The van der Waals surface area contributed by atoms with Crippen molar-refractivity contribution in [3.05, 3.63) is 11.6 Å². The van der Waals surface area contributed by atoms with Gasteiger partial charge in [0, 0.05) is 0 Å². The molecule has 9 rings (SSSR count). The van der Waals surface area contributed by atoms with Gasteiger partial charge in [0.05, 0.1) is 35.7 Å². The Morgan fingerprint density at radius 1 is 0.590 bits per heavy atom. The molecule has 0 aromatic carbocycles. The van der Waals surface area contributed by atoms with Gasteiger partial charge in [-0.15, -0.1) is 0 Å². The predicted molar refractivity (Wildman–Crippen MR) is 262 cm³/mol. The summed E-state index contributed by atoms with van der Waals surface area (Å²) in [4.78, 5) is 40.8. The Kier molecular flexibility index (Phi) is 16.4. The molecule has 13 N–H and O–H groups in total. The fourth-order valence-corrected chi connectivity index (χ4v) is 16.4. The number of carboxylic acids is 2. The van der Waals surface area contributed by atoms with E-state index in [1.165, 1.54) is 13.8 Å². The number of aliphatic carboxylic acids is 2. The Hall–Kier alpha value is -2.57. The van der Waals surface area contributed by atoms with Crippen molar-refractivity contribution in [3.63, 3.8) is 0 Å². The van der Waals surface area contributed by atoms with E-state index in [0.717, 1.165) is 5.57 Å². The van der Waals surface area contributed by atoms with Gasteiger partial charge in [0.2, 0.25) is 6.29 Å². The van der Waals surface area contributed by atoms with E-state index < -0.39 is 181 Å². The van der Waals surface area contributed by atoms with Crippen molar-refractivity contribution in [2.24, 2.45) is 50.2 Å². The van der Waals surface area contributed by atoms with Crippen LogP contribution >= 0.6 is 0 Å². The zero-order chi connectivity index (χ0) is 57.3. The summed E-state index contributed by atoms with van der Waals surface area (Å²) in [7, 11) is 0. The van der Waals surface area contributed by atoms with Crippen molar-refractivity contribution >= 4 is 17.9 Å². The number of carboxylic acid groups (broad SMARTS) is 2. The number of esters is 1. The molecular weight excluding hydrogens is 1030 g/mol. The molecule has 0 aromatic rings. The fourth-order valence-electron chi connectivity index (χ4n) is 16.4. The SMILES string of the molecule is C[C@@H]1O[C@@H](O[C@H]2[C@H](OC(=O)[C@]34CCC(C)(C)C[C@H]3C3=CC[C@@H]5[C@@]6(C)CC[C@H](O[C@@H]7O[C@H](CO)[C@@H](O)[C@H](O)[C@H]7O)[C@@](C)(C(=O)O)[C@@H]6CC[C@@]5(C)[C@]3(C)CC4)O[C@H](C)[C@H](O)[C@@H]2O)[C@H](O)[C@H](O)[C@H]1O[C@@H]1O[C@H](C(=O)O)[C@@H](O)[C@H](O)[C@H]1O. The smallest absolute Gasteiger partial charge is 0.335 e. The van der Waals surface area contributed by atoms with E-state index >= 15 is 4.79 Å². The molecule has 4 aliphatic heterocycles. The normalized spacial score (nSPS) is 54.0. The summed E-state index contributed by atoms with van der Waals surface area (Å²) >= 11 is 0. The van der Waals surface area contributed by atoms with E-state index in [1.54, 1.807) is 6.92 Å². The maximum Gasteiger partial charge on any atom is 0.335 e. The predicted octanol–water partition coefficient (Wildman–Crippen LogP) is -0.823. The maximum atomic E-state index is 15.4. The number of hydrogen-bond acceptors (Lipinski definition) is 22. The first-order chi connectivity index (χ1) is 36.3. The van der Waals surface area contributed by atoms with Gasteiger partial charge in [-0.2, -0.15) is 0 Å². The summed E-state index contributed by atoms with van der Waals surface area (Å²) in [5.41, 5.74) is -3.01. The Balaban J connectivity index is 0.949. The summed E-state index contributed by atoms with van der Waals surface area (Å²) in [6.07, 6.45) is -27.3. The minimum Gasteiger partial charge on any atom is -0.481 e. The molecule has 0 aromatic heterocycles. The molecule has 0 amide bonds. The lowest BCUT2D eigenvalue weighted by molar-refractivity contribution is -0.376. The second kappa shape index (κ2) is 21.2. The summed E-state index contributed by atoms with van der Waals surface area (Å²) in [5.74, 6) is -4.09. The summed E-state index contributed by atoms with van der Waals surface area (Å²) in [6, 6.07) is 0. The summed E-state index contributed by atoms with van der Waals surface area (Å²) in [6.45, 7) is 15.0. The lowest BCUT2D eigenvalue weighted by Gasteiger charge is -2.71. The van der Waals surface area contributed by atoms with Gasteiger partial charge < -0.3 is 104 Å². The number of hydrogen-bond donors (Lipinski definition) is 13. The van der Waals surface area contributed by atoms with Crippen molar-refractivity contribution in [3.8, 4) is 0 Å². The summed E-state index contributed by atoms with van der Waals surface area (Å²) < 4.78 is 47.4. The molecule has 5 aliphatic carbocycles. The van der Waals surface area contributed by atoms with Crippen LogP contribution in [0.4, 0.5) is 0 Å². The molecule has 24 nitrogen and oxygen atoms in total. The molecule has 78 heavy (non-hydrogen) atoms. The Morgan fingerprint density at radius 2 is 1.17 bits per heavy atom. The number of rotatable bonds is 11. The van der Waals surface area contributed by atoms with E-state index in [-0.39, 0.29) is 29.1 Å². The van der Waals surface area contributed by atoms with Crippen molar-refractivity contribution in [1.82, 2.24) is 0 Å². The van der Waals surface area contributed by atoms with E-state index in [0.29, 0.717) is 57.8 Å². The molecule has 29 atom stereocenters. The molecule has 4 heterocycles. The highest BCUT2D eigenvalue weighted by molar-refractivity contribution is 5.79. The van der Waals surface area contributed by atoms with Gasteiger partial charge in [0.25, 0.3) is 0 Å². The molecule has 9 aliphatic rings. The zero-order valence-corrected chi connectivity index (χ0v) is 45.5. The minimum atomic E-state index is -2.02. The number of ether oxygens (including phenoxy) is 8. The van der Waals surface area contributed by atoms with Crippen LogP contribution in [0.3, 0.4) is 0 Å². The van der Waals surface area contributed by atoms with E-state index in [2.05, 4.69) is 40.7 Å². The van der Waals surface area contributed by atoms with Gasteiger partial charge >= 0.3 is 17.9 Å². The number of aliphatic hydroxyl groups excluding tert-OH is 11. The first-order valence-corrected chi connectivity index (χ1v) is 27.7. The Labute approximate surface area is 452 Å². The Bertz CT molecular complexity index is 2270. The second-order valence-corrected chi connectivity index (χ2v) is 26.0. The highest BCUT2D eigenvalue weighted by Crippen LogP contribution is 2.76. The second-order valence-electron chi connectivity index (χ2n) is 26.0. The van der Waals surface area contributed by atoms with Crippen LogP contribution in [-0.4, -0.2) is 220 Å². The van der Waals surface area contributed by atoms with Crippen LogP contribution < -0.4 is 0 Å². The molecule has 24 heteroatoms. The zero-order valence-electron chi connectivity index (χ0n) is 45.5. The van der Waals surface area contributed by atoms with Crippen LogP contribution in [0.25, 0.3) is 0 Å². The third-order valence-corrected chi connectivity index (χ3v) is 21.4. The number of aliphatic hydroxyl groups is 11. The molecule has 0 bridgehead atoms. The molecule has 4 saturated heterocycles. The highest BCUT2D eigenvalue weighted by Gasteiger charge is 2.72. The molecule has 4 saturated carbocycles. The van der Waals surface area contributed by atoms with E-state index in [4.69, 9.17) is 37.9 Å². The fraction of sp³-hybridized carbons (Fsp3) is 0.907. The van der Waals surface area contributed by atoms with Gasteiger partial charge in [-0.05, 0) is 124 Å². The van der Waals surface area contributed by atoms with Crippen LogP contribution in [-0.2, 0) is 52.3 Å². The quantitative estimate of drug-likeness (QED) is 0.0683. The first kappa shape index (κ1) is 60.0. The molecule has 444 valence electrons. The Morgan fingerprint density at radius 3 is 1.81 bits per heavy atom. The molecule has 0 unspecified atom stereocenters. The molecule has 0 spiro atoms. The van der Waals surface area contributed by atoms with Crippen LogP contribution in [0.15, 0.2) is 11.6 Å². The van der Waals surface area contributed by atoms with Gasteiger partial charge in [0.1, 0.15) is 73.2 Å². The minimum absolute atomic E-state index is 0.0118. The number of allylic oxidation sites excluding steroid dienone is 2. The standard InChI is InChI=1S/C54H84O24/c1-21-29(56)33(60)41(77-43-38(65)35(62)39(22(2)72-43)75-45-37(64)32(59)34(61)40(76-45)42(66)67)46(71-21)78-48(70)54-17-15-49(3,4)19-24(54)23-9-10-26-50(5)13-12-28(74-44-36(63)31(58)30(57)25(20-55)73-44)53(8,47(68)69)27(50)11-14-52(26,7)51(23,6)16-18-54/h9,21-22,24-41,43-46,55-65H,10-20H2,1-8H3,(H,66,67)(H,68,69)/t21-,22+,24+,25-,26-,27-,28+,29+,30-,31+,32+,33+,34+,35+,36-,37-,38-,39+,40+,41-,43+,44+,45-,46+,50-,51-,52-,53+,54+/m1/s1. The average Bonchev–Trinajstić information content (AvgIpc) is 3.36. The number of carbonyl (C=O) groups is 3. The average molecular weight is 1120 g/mol. The van der Waals surface area contributed by atoms with Gasteiger partial charge in [-0.3, -0.25) is 9.59 Å². The maximum absolute atomic E-state index is 15.4. The van der Waals surface area contributed by atoms with Crippen molar-refractivity contribution < 1.29 is 119 Å². The third kappa shape index (κ3) is 9.40. The van der Waals surface area contributed by atoms with Crippen LogP contribution in [0.2, 0.25) is 0 Å². The number of fused-ring (bicyclic) bond motifs is 7. The third-order valence-electron chi connectivity index (χ3n) is 21.4. The van der Waals surface area contributed by atoms with Crippen LogP contribution in [0.1, 0.15) is 120 Å². The topological polar surface area (TPSA) is 388 Å². The van der Waals surface area contributed by atoms with Gasteiger partial charge in [-0.25, -0.2) is 4.79 Å². The van der Waals surface area contributed by atoms with Crippen molar-refractivity contribution in [2.75, 3.05) is 6.61 Å². The van der Waals surface area contributed by atoms with Crippen molar-refractivity contribution in [2.45, 2.75) is 249 Å². The van der Waals surface area contributed by atoms with E-state index in [1.807, 2.05) is 0 Å². The largest absolute Gasteiger partial charge is 0.481 e.